The summed E-state index contributed by atoms with van der Waals surface area (Å²) < 4.78 is 13.2. The molecule has 1 aromatic rings. The summed E-state index contributed by atoms with van der Waals surface area (Å²) in [5, 5.41) is 6.57. The van der Waals surface area contributed by atoms with Gasteiger partial charge in [0.2, 0.25) is 0 Å². The Morgan fingerprint density at radius 3 is 2.70 bits per heavy atom. The maximum Gasteiger partial charge on any atom is 0.191 e. The fraction of sp³-hybridized carbons (Fsp3) is 0.533. The van der Waals surface area contributed by atoms with Gasteiger partial charge in [-0.25, -0.2) is 9.38 Å². The van der Waals surface area contributed by atoms with E-state index in [1.54, 1.807) is 13.0 Å². The molecule has 112 valence electrons. The zero-order chi connectivity index (χ0) is 13.7. The number of rotatable bonds is 5. The monoisotopic (exact) mass is 391 g/mol. The molecule has 0 saturated heterocycles. The molecule has 1 aromatic carbocycles. The average molecular weight is 391 g/mol. The highest BCUT2D eigenvalue weighted by Crippen LogP contribution is 2.27. The van der Waals surface area contributed by atoms with Crippen LogP contribution in [0, 0.1) is 18.7 Å². The highest BCUT2D eigenvalue weighted by atomic mass is 127. The van der Waals surface area contributed by atoms with Crippen molar-refractivity contribution in [1.82, 2.24) is 10.6 Å². The second-order valence-electron chi connectivity index (χ2n) is 5.10. The molecule has 0 atom stereocenters. The van der Waals surface area contributed by atoms with Crippen LogP contribution < -0.4 is 10.6 Å². The van der Waals surface area contributed by atoms with Crippen molar-refractivity contribution in [2.75, 3.05) is 13.1 Å². The van der Waals surface area contributed by atoms with Crippen LogP contribution in [-0.4, -0.2) is 19.0 Å². The summed E-state index contributed by atoms with van der Waals surface area (Å²) in [5.74, 6) is 1.50. The molecule has 1 fully saturated rings. The Morgan fingerprint density at radius 2 is 2.10 bits per heavy atom. The molecule has 0 aromatic heterocycles. The topological polar surface area (TPSA) is 36.4 Å². The molecule has 0 amide bonds. The van der Waals surface area contributed by atoms with E-state index in [9.17, 15) is 4.39 Å². The van der Waals surface area contributed by atoms with E-state index >= 15 is 0 Å². The minimum absolute atomic E-state index is 0. The second-order valence-corrected chi connectivity index (χ2v) is 5.10. The third-order valence-corrected chi connectivity index (χ3v) is 3.24. The number of halogens is 2. The number of benzene rings is 1. The molecule has 0 bridgehead atoms. The van der Waals surface area contributed by atoms with Crippen molar-refractivity contribution in [3.63, 3.8) is 0 Å². The third-order valence-electron chi connectivity index (χ3n) is 3.24. The fourth-order valence-electron chi connectivity index (χ4n) is 1.88. The number of aliphatic imine (C=N–C) groups is 1. The Bertz CT molecular complexity index is 458. The normalized spacial score (nSPS) is 14.7. The molecule has 1 aliphatic rings. The molecule has 0 heterocycles. The highest BCUT2D eigenvalue weighted by molar-refractivity contribution is 14.0. The van der Waals surface area contributed by atoms with E-state index in [0.717, 1.165) is 30.5 Å². The predicted octanol–water partition coefficient (Wildman–Crippen LogP) is 3.22. The SMILES string of the molecule is CCNC(=NCc1ccc(F)c(C)c1)NCC1CC1.I. The van der Waals surface area contributed by atoms with Gasteiger partial charge in [0, 0.05) is 13.1 Å². The third kappa shape index (κ3) is 5.64. The summed E-state index contributed by atoms with van der Waals surface area (Å²) in [4.78, 5) is 4.53. The molecular weight excluding hydrogens is 368 g/mol. The zero-order valence-electron chi connectivity index (χ0n) is 12.1. The Hall–Kier alpha value is -0.850. The second kappa shape index (κ2) is 8.44. The number of guanidine groups is 1. The van der Waals surface area contributed by atoms with Gasteiger partial charge in [0.15, 0.2) is 5.96 Å². The molecule has 0 spiro atoms. The molecular formula is C15H23FIN3. The minimum Gasteiger partial charge on any atom is -0.357 e. The van der Waals surface area contributed by atoms with Gasteiger partial charge in [-0.3, -0.25) is 0 Å². The largest absolute Gasteiger partial charge is 0.357 e. The number of aryl methyl sites for hydroxylation is 1. The minimum atomic E-state index is -0.161. The van der Waals surface area contributed by atoms with Crippen LogP contribution in [-0.2, 0) is 6.54 Å². The zero-order valence-corrected chi connectivity index (χ0v) is 14.4. The highest BCUT2D eigenvalue weighted by Gasteiger charge is 2.20. The average Bonchev–Trinajstić information content (AvgIpc) is 3.21. The molecule has 3 nitrogen and oxygen atoms in total. The smallest absolute Gasteiger partial charge is 0.191 e. The van der Waals surface area contributed by atoms with Crippen LogP contribution in [0.4, 0.5) is 4.39 Å². The Kier molecular flexibility index (Phi) is 7.26. The first-order valence-corrected chi connectivity index (χ1v) is 6.96. The van der Waals surface area contributed by atoms with Crippen molar-refractivity contribution >= 4 is 29.9 Å². The lowest BCUT2D eigenvalue weighted by molar-refractivity contribution is 0.617. The maximum atomic E-state index is 13.2. The first-order chi connectivity index (χ1) is 9.19. The summed E-state index contributed by atoms with van der Waals surface area (Å²) >= 11 is 0. The van der Waals surface area contributed by atoms with Crippen molar-refractivity contribution in [3.8, 4) is 0 Å². The number of nitrogens with zero attached hydrogens (tertiary/aromatic N) is 1. The summed E-state index contributed by atoms with van der Waals surface area (Å²) in [6, 6.07) is 5.14. The van der Waals surface area contributed by atoms with Crippen molar-refractivity contribution < 1.29 is 4.39 Å². The lowest BCUT2D eigenvalue weighted by Gasteiger charge is -2.10. The lowest BCUT2D eigenvalue weighted by Crippen LogP contribution is -2.38. The standard InChI is InChI=1S/C15H22FN3.HI/c1-3-17-15(18-9-12-4-5-12)19-10-13-6-7-14(16)11(2)8-13;/h6-8,12H,3-5,9-10H2,1-2H3,(H2,17,18,19);1H. The fourth-order valence-corrected chi connectivity index (χ4v) is 1.88. The van der Waals surface area contributed by atoms with E-state index in [-0.39, 0.29) is 29.8 Å². The van der Waals surface area contributed by atoms with Crippen LogP contribution in [0.2, 0.25) is 0 Å². The molecule has 0 aliphatic heterocycles. The van der Waals surface area contributed by atoms with E-state index in [1.807, 2.05) is 6.07 Å². The predicted molar refractivity (Wildman–Crippen MR) is 92.1 cm³/mol. The lowest BCUT2D eigenvalue weighted by atomic mass is 10.1. The molecule has 1 aliphatic carbocycles. The van der Waals surface area contributed by atoms with Gasteiger partial charge in [-0.15, -0.1) is 24.0 Å². The van der Waals surface area contributed by atoms with Crippen molar-refractivity contribution in [3.05, 3.63) is 35.1 Å². The van der Waals surface area contributed by atoms with E-state index in [0.29, 0.717) is 12.1 Å². The summed E-state index contributed by atoms with van der Waals surface area (Å²) in [6.45, 7) is 6.24. The quantitative estimate of drug-likeness (QED) is 0.460. The molecule has 0 unspecified atom stereocenters. The summed E-state index contributed by atoms with van der Waals surface area (Å²) in [7, 11) is 0. The van der Waals surface area contributed by atoms with Crippen molar-refractivity contribution in [1.29, 1.82) is 0 Å². The van der Waals surface area contributed by atoms with E-state index in [1.165, 1.54) is 18.9 Å². The first-order valence-electron chi connectivity index (χ1n) is 6.96. The number of hydrogen-bond acceptors (Lipinski definition) is 1. The molecule has 0 radical (unpaired) electrons. The van der Waals surface area contributed by atoms with Gasteiger partial charge in [-0.05, 0) is 49.8 Å². The number of hydrogen-bond donors (Lipinski definition) is 2. The maximum absolute atomic E-state index is 13.2. The van der Waals surface area contributed by atoms with E-state index in [4.69, 9.17) is 0 Å². The van der Waals surface area contributed by atoms with Crippen LogP contribution in [0.5, 0.6) is 0 Å². The van der Waals surface area contributed by atoms with Crippen molar-refractivity contribution in [2.24, 2.45) is 10.9 Å². The summed E-state index contributed by atoms with van der Waals surface area (Å²) in [5.41, 5.74) is 1.70. The molecule has 1 saturated carbocycles. The molecule has 20 heavy (non-hydrogen) atoms. The Balaban J connectivity index is 0.00000200. The Morgan fingerprint density at radius 1 is 1.35 bits per heavy atom. The summed E-state index contributed by atoms with van der Waals surface area (Å²) in [6.07, 6.45) is 2.65. The van der Waals surface area contributed by atoms with Gasteiger partial charge in [0.25, 0.3) is 0 Å². The van der Waals surface area contributed by atoms with Gasteiger partial charge in [0.1, 0.15) is 5.82 Å². The van der Waals surface area contributed by atoms with E-state index in [2.05, 4.69) is 22.5 Å². The van der Waals surface area contributed by atoms with Crippen molar-refractivity contribution in [2.45, 2.75) is 33.2 Å². The Labute approximate surface area is 137 Å². The molecule has 2 N–H and O–H groups in total. The molecule has 2 rings (SSSR count). The van der Waals surface area contributed by atoms with Crippen LogP contribution in [0.3, 0.4) is 0 Å². The van der Waals surface area contributed by atoms with Gasteiger partial charge in [-0.1, -0.05) is 12.1 Å². The van der Waals surface area contributed by atoms with Crippen LogP contribution in [0.25, 0.3) is 0 Å². The van der Waals surface area contributed by atoms with Gasteiger partial charge in [-0.2, -0.15) is 0 Å². The van der Waals surface area contributed by atoms with Crippen LogP contribution >= 0.6 is 24.0 Å². The first kappa shape index (κ1) is 17.2. The van der Waals surface area contributed by atoms with E-state index < -0.39 is 0 Å². The molecule has 5 heteroatoms. The van der Waals surface area contributed by atoms with Gasteiger partial charge >= 0.3 is 0 Å². The van der Waals surface area contributed by atoms with Gasteiger partial charge < -0.3 is 10.6 Å². The van der Waals surface area contributed by atoms with Crippen LogP contribution in [0.15, 0.2) is 23.2 Å². The number of nitrogens with one attached hydrogen (secondary N) is 2. The van der Waals surface area contributed by atoms with Gasteiger partial charge in [0.05, 0.1) is 6.54 Å². The van der Waals surface area contributed by atoms with Crippen LogP contribution in [0.1, 0.15) is 30.9 Å².